The molecule has 2 aromatic rings. The number of nitrogens with zero attached hydrogens (tertiary/aromatic N) is 2. The molecule has 0 bridgehead atoms. The third-order valence-electron chi connectivity index (χ3n) is 3.89. The van der Waals surface area contributed by atoms with Crippen LogP contribution in [-0.2, 0) is 0 Å². The summed E-state index contributed by atoms with van der Waals surface area (Å²) in [6.07, 6.45) is 1.06. The van der Waals surface area contributed by atoms with Gasteiger partial charge in [-0.05, 0) is 30.7 Å². The van der Waals surface area contributed by atoms with Crippen molar-refractivity contribution in [3.63, 3.8) is 0 Å². The predicted molar refractivity (Wildman–Crippen MR) is 75.3 cm³/mol. The van der Waals surface area contributed by atoms with E-state index in [-0.39, 0.29) is 11.7 Å². The van der Waals surface area contributed by atoms with Crippen LogP contribution in [-0.4, -0.2) is 35.6 Å². The Bertz CT molecular complexity index is 691. The molecule has 4 rings (SSSR count). The summed E-state index contributed by atoms with van der Waals surface area (Å²) in [7, 11) is 0. The molecule has 0 atom stereocenters. The van der Waals surface area contributed by atoms with Gasteiger partial charge in [-0.15, -0.1) is 0 Å². The van der Waals surface area contributed by atoms with Gasteiger partial charge in [-0.3, -0.25) is 9.69 Å². The van der Waals surface area contributed by atoms with Crippen LogP contribution >= 0.6 is 0 Å². The van der Waals surface area contributed by atoms with E-state index >= 15 is 0 Å². The third kappa shape index (κ3) is 1.94. The molecule has 0 spiro atoms. The Morgan fingerprint density at radius 3 is 2.67 bits per heavy atom. The van der Waals surface area contributed by atoms with Crippen LogP contribution in [0.4, 0.5) is 15.9 Å². The summed E-state index contributed by atoms with van der Waals surface area (Å²) in [5, 5.41) is 0. The van der Waals surface area contributed by atoms with Crippen molar-refractivity contribution in [3.05, 3.63) is 41.8 Å². The van der Waals surface area contributed by atoms with Gasteiger partial charge in [0, 0.05) is 24.8 Å². The maximum absolute atomic E-state index is 13.0. The summed E-state index contributed by atoms with van der Waals surface area (Å²) in [5.41, 5.74) is 1.35. The fraction of sp³-hybridized carbons (Fsp3) is 0.267. The second kappa shape index (κ2) is 4.51. The van der Waals surface area contributed by atoms with Crippen LogP contribution in [0.1, 0.15) is 16.9 Å². The highest BCUT2D eigenvalue weighted by atomic mass is 19.1. The fourth-order valence-electron chi connectivity index (χ4n) is 2.56. The maximum Gasteiger partial charge on any atom is 0.270 e. The number of carbonyl (C=O) groups is 1. The predicted octanol–water partition coefficient (Wildman–Crippen LogP) is 2.49. The average molecular weight is 287 g/mol. The van der Waals surface area contributed by atoms with E-state index in [2.05, 4.69) is 4.98 Å². The molecule has 1 aromatic heterocycles. The van der Waals surface area contributed by atoms with Crippen molar-refractivity contribution in [3.8, 4) is 5.75 Å². The highest BCUT2D eigenvalue weighted by molar-refractivity contribution is 5.95. The number of likely N-dealkylation sites (tertiary alicyclic amines) is 1. The van der Waals surface area contributed by atoms with Crippen molar-refractivity contribution in [2.45, 2.75) is 6.42 Å². The number of nitrogens with one attached hydrogen (secondary N) is 1. The normalized spacial score (nSPS) is 16.4. The van der Waals surface area contributed by atoms with E-state index < -0.39 is 0 Å². The Kier molecular flexibility index (Phi) is 2.63. The number of benzene rings is 1. The lowest BCUT2D eigenvalue weighted by Crippen LogP contribution is -2.42. The van der Waals surface area contributed by atoms with Crippen molar-refractivity contribution in [1.82, 2.24) is 9.88 Å². The number of hydrogen-bond acceptors (Lipinski definition) is 3. The zero-order chi connectivity index (χ0) is 14.4. The summed E-state index contributed by atoms with van der Waals surface area (Å²) < 4.78 is 18.6. The number of fused-ring (bicyclic) bond motifs is 1. The van der Waals surface area contributed by atoms with Crippen LogP contribution in [0.2, 0.25) is 0 Å². The quantitative estimate of drug-likeness (QED) is 0.923. The lowest BCUT2D eigenvalue weighted by molar-refractivity contribution is 0.0646. The van der Waals surface area contributed by atoms with Gasteiger partial charge in [-0.2, -0.15) is 0 Å². The zero-order valence-corrected chi connectivity index (χ0v) is 11.3. The minimum Gasteiger partial charge on any atom is -0.469 e. The molecule has 1 amide bonds. The van der Waals surface area contributed by atoms with Crippen LogP contribution in [0.5, 0.6) is 5.75 Å². The van der Waals surface area contributed by atoms with E-state index in [4.69, 9.17) is 4.74 Å². The Morgan fingerprint density at radius 1 is 1.24 bits per heavy atom. The molecule has 2 aliphatic rings. The van der Waals surface area contributed by atoms with Gasteiger partial charge in [0.1, 0.15) is 11.5 Å². The Hall–Kier alpha value is -2.50. The fourth-order valence-corrected chi connectivity index (χ4v) is 2.56. The van der Waals surface area contributed by atoms with E-state index in [1.54, 1.807) is 23.1 Å². The molecular formula is C15H14FN3O2. The molecule has 0 radical (unpaired) electrons. The van der Waals surface area contributed by atoms with Crippen LogP contribution < -0.4 is 9.64 Å². The summed E-state index contributed by atoms with van der Waals surface area (Å²) in [6, 6.07) is 7.92. The van der Waals surface area contributed by atoms with Gasteiger partial charge in [-0.25, -0.2) is 4.39 Å². The number of ether oxygens (including phenoxy) is 1. The molecule has 1 aromatic carbocycles. The number of aromatic nitrogens is 1. The molecule has 2 aliphatic heterocycles. The Labute approximate surface area is 120 Å². The van der Waals surface area contributed by atoms with Gasteiger partial charge in [0.25, 0.3) is 5.91 Å². The van der Waals surface area contributed by atoms with Gasteiger partial charge >= 0.3 is 0 Å². The van der Waals surface area contributed by atoms with Gasteiger partial charge < -0.3 is 14.6 Å². The van der Waals surface area contributed by atoms with Gasteiger partial charge in [0.2, 0.25) is 0 Å². The molecule has 21 heavy (non-hydrogen) atoms. The van der Waals surface area contributed by atoms with E-state index in [0.717, 1.165) is 31.0 Å². The van der Waals surface area contributed by atoms with Crippen molar-refractivity contribution in [2.24, 2.45) is 0 Å². The van der Waals surface area contributed by atoms with Crippen molar-refractivity contribution in [1.29, 1.82) is 0 Å². The summed E-state index contributed by atoms with van der Waals surface area (Å²) in [4.78, 5) is 19.0. The summed E-state index contributed by atoms with van der Waals surface area (Å²) in [5.74, 6) is 1.12. The zero-order valence-electron chi connectivity index (χ0n) is 11.3. The first-order chi connectivity index (χ1) is 10.2. The smallest absolute Gasteiger partial charge is 0.270 e. The monoisotopic (exact) mass is 287 g/mol. The molecule has 5 nitrogen and oxygen atoms in total. The topological polar surface area (TPSA) is 48.6 Å². The first kappa shape index (κ1) is 12.3. The van der Waals surface area contributed by atoms with Crippen molar-refractivity contribution < 1.29 is 13.9 Å². The SMILES string of the molecule is O=C(c1cc2c([nH]1)N(c1ccc(F)cc1)CO2)N1CCC1. The van der Waals surface area contributed by atoms with Crippen molar-refractivity contribution in [2.75, 3.05) is 24.7 Å². The van der Waals surface area contributed by atoms with Crippen molar-refractivity contribution >= 4 is 17.4 Å². The van der Waals surface area contributed by atoms with Crippen LogP contribution in [0.25, 0.3) is 0 Å². The number of hydrogen-bond donors (Lipinski definition) is 1. The minimum atomic E-state index is -0.278. The largest absolute Gasteiger partial charge is 0.469 e. The lowest BCUT2D eigenvalue weighted by atomic mass is 10.2. The average Bonchev–Trinajstić information content (AvgIpc) is 2.97. The molecule has 6 heteroatoms. The highest BCUT2D eigenvalue weighted by Gasteiger charge is 2.29. The number of carbonyl (C=O) groups excluding carboxylic acids is 1. The molecule has 3 heterocycles. The Balaban J connectivity index is 1.63. The molecule has 0 unspecified atom stereocenters. The number of rotatable bonds is 2. The van der Waals surface area contributed by atoms with E-state index in [9.17, 15) is 9.18 Å². The van der Waals surface area contributed by atoms with Gasteiger partial charge in [0.05, 0.1) is 0 Å². The molecular weight excluding hydrogens is 273 g/mol. The summed E-state index contributed by atoms with van der Waals surface area (Å²) >= 11 is 0. The Morgan fingerprint density at radius 2 is 2.00 bits per heavy atom. The number of H-pyrrole nitrogens is 1. The number of aromatic amines is 1. The van der Waals surface area contributed by atoms with E-state index in [1.165, 1.54) is 12.1 Å². The number of anilines is 2. The second-order valence-electron chi connectivity index (χ2n) is 5.22. The molecule has 1 fully saturated rings. The number of halogens is 1. The molecule has 108 valence electrons. The molecule has 0 saturated carbocycles. The molecule has 0 aliphatic carbocycles. The minimum absolute atomic E-state index is 0.00157. The summed E-state index contributed by atoms with van der Waals surface area (Å²) in [6.45, 7) is 1.97. The van der Waals surface area contributed by atoms with Crippen LogP contribution in [0.15, 0.2) is 30.3 Å². The first-order valence-corrected chi connectivity index (χ1v) is 6.90. The molecule has 1 saturated heterocycles. The molecule has 1 N–H and O–H groups in total. The van der Waals surface area contributed by atoms with E-state index in [0.29, 0.717) is 18.2 Å². The standard InChI is InChI=1S/C15H14FN3O2/c16-10-2-4-11(5-3-10)19-9-21-13-8-12(17-14(13)19)15(20)18-6-1-7-18/h2-5,8,17H,1,6-7,9H2. The van der Waals surface area contributed by atoms with Gasteiger partial charge in [-0.1, -0.05) is 0 Å². The van der Waals surface area contributed by atoms with Crippen LogP contribution in [0, 0.1) is 5.82 Å². The van der Waals surface area contributed by atoms with Crippen LogP contribution in [0.3, 0.4) is 0 Å². The maximum atomic E-state index is 13.0. The third-order valence-corrected chi connectivity index (χ3v) is 3.89. The highest BCUT2D eigenvalue weighted by Crippen LogP contribution is 2.39. The number of amides is 1. The second-order valence-corrected chi connectivity index (χ2v) is 5.22. The van der Waals surface area contributed by atoms with Gasteiger partial charge in [0.15, 0.2) is 18.3 Å². The lowest BCUT2D eigenvalue weighted by Gasteiger charge is -2.30. The van der Waals surface area contributed by atoms with E-state index in [1.807, 2.05) is 4.90 Å². The first-order valence-electron chi connectivity index (χ1n) is 6.90.